The van der Waals surface area contributed by atoms with E-state index in [1.807, 2.05) is 0 Å². The van der Waals surface area contributed by atoms with E-state index in [-0.39, 0.29) is 5.75 Å². The van der Waals surface area contributed by atoms with Crippen molar-refractivity contribution in [1.82, 2.24) is 9.62 Å². The molecule has 1 unspecified atom stereocenters. The maximum Gasteiger partial charge on any atom is 0.214 e. The standard InChI is InChI=1S/C13H28N2O4S/c1-18-8-4-10-20(16,17)15-7-3-5-13(12-15)11-14-6-9-19-2/h13-14H,3-12H2,1-2H3. The van der Waals surface area contributed by atoms with Gasteiger partial charge in [-0.1, -0.05) is 0 Å². The van der Waals surface area contributed by atoms with Crippen LogP contribution < -0.4 is 5.32 Å². The fourth-order valence-electron chi connectivity index (χ4n) is 2.44. The first-order valence-corrected chi connectivity index (χ1v) is 8.87. The molecule has 7 heteroatoms. The molecule has 120 valence electrons. The molecule has 1 rings (SSSR count). The van der Waals surface area contributed by atoms with Crippen LogP contribution in [0.3, 0.4) is 0 Å². The van der Waals surface area contributed by atoms with Gasteiger partial charge in [0, 0.05) is 40.5 Å². The third kappa shape index (κ3) is 6.49. The zero-order valence-electron chi connectivity index (χ0n) is 12.6. The summed E-state index contributed by atoms with van der Waals surface area (Å²) in [6, 6.07) is 0. The molecule has 0 spiro atoms. The molecular weight excluding hydrogens is 280 g/mol. The van der Waals surface area contributed by atoms with Crippen molar-refractivity contribution in [2.45, 2.75) is 19.3 Å². The second-order valence-corrected chi connectivity index (χ2v) is 7.31. The Bertz CT molecular complexity index is 348. The lowest BCUT2D eigenvalue weighted by atomic mass is 10.00. The lowest BCUT2D eigenvalue weighted by Crippen LogP contribution is -2.44. The van der Waals surface area contributed by atoms with Gasteiger partial charge < -0.3 is 14.8 Å². The van der Waals surface area contributed by atoms with Crippen LogP contribution in [0.2, 0.25) is 0 Å². The number of hydrogen-bond acceptors (Lipinski definition) is 5. The molecule has 20 heavy (non-hydrogen) atoms. The van der Waals surface area contributed by atoms with Gasteiger partial charge in [-0.05, 0) is 31.7 Å². The van der Waals surface area contributed by atoms with Gasteiger partial charge in [0.2, 0.25) is 10.0 Å². The van der Waals surface area contributed by atoms with Crippen molar-refractivity contribution in [1.29, 1.82) is 0 Å². The van der Waals surface area contributed by atoms with Crippen LogP contribution in [0.5, 0.6) is 0 Å². The van der Waals surface area contributed by atoms with Crippen LogP contribution in [0.4, 0.5) is 0 Å². The second-order valence-electron chi connectivity index (χ2n) is 5.23. The number of sulfonamides is 1. The van der Waals surface area contributed by atoms with Crippen molar-refractivity contribution in [3.8, 4) is 0 Å². The molecule has 1 fully saturated rings. The first-order valence-electron chi connectivity index (χ1n) is 7.26. The highest BCUT2D eigenvalue weighted by Crippen LogP contribution is 2.19. The topological polar surface area (TPSA) is 67.9 Å². The van der Waals surface area contributed by atoms with Gasteiger partial charge >= 0.3 is 0 Å². The molecule has 0 aliphatic carbocycles. The van der Waals surface area contributed by atoms with Gasteiger partial charge in [-0.3, -0.25) is 0 Å². The first kappa shape index (κ1) is 17.8. The molecule has 1 saturated heterocycles. The molecule has 0 aromatic heterocycles. The largest absolute Gasteiger partial charge is 0.385 e. The second kappa shape index (κ2) is 9.68. The average Bonchev–Trinajstić information content (AvgIpc) is 2.44. The zero-order valence-corrected chi connectivity index (χ0v) is 13.5. The molecule has 1 aliphatic rings. The molecule has 1 N–H and O–H groups in total. The fraction of sp³-hybridized carbons (Fsp3) is 1.00. The molecule has 0 amide bonds. The quantitative estimate of drug-likeness (QED) is 0.588. The number of rotatable bonds is 10. The van der Waals surface area contributed by atoms with E-state index in [1.165, 1.54) is 0 Å². The fourth-order valence-corrected chi connectivity index (χ4v) is 4.03. The highest BCUT2D eigenvalue weighted by molar-refractivity contribution is 7.89. The first-order chi connectivity index (χ1) is 9.60. The van der Waals surface area contributed by atoms with E-state index in [0.29, 0.717) is 38.6 Å². The highest BCUT2D eigenvalue weighted by Gasteiger charge is 2.28. The summed E-state index contributed by atoms with van der Waals surface area (Å²) >= 11 is 0. The van der Waals surface area contributed by atoms with Crippen molar-refractivity contribution >= 4 is 10.0 Å². The summed E-state index contributed by atoms with van der Waals surface area (Å²) in [5.74, 6) is 0.586. The van der Waals surface area contributed by atoms with E-state index < -0.39 is 10.0 Å². The maximum absolute atomic E-state index is 12.2. The van der Waals surface area contributed by atoms with E-state index in [9.17, 15) is 8.42 Å². The third-order valence-electron chi connectivity index (χ3n) is 3.54. The highest BCUT2D eigenvalue weighted by atomic mass is 32.2. The van der Waals surface area contributed by atoms with Gasteiger partial charge in [0.25, 0.3) is 0 Å². The van der Waals surface area contributed by atoms with Gasteiger partial charge in [-0.2, -0.15) is 0 Å². The van der Waals surface area contributed by atoms with E-state index >= 15 is 0 Å². The summed E-state index contributed by atoms with van der Waals surface area (Å²) in [6.07, 6.45) is 2.59. The number of piperidine rings is 1. The van der Waals surface area contributed by atoms with Crippen LogP contribution >= 0.6 is 0 Å². The van der Waals surface area contributed by atoms with Crippen LogP contribution in [-0.4, -0.2) is 72.1 Å². The smallest absolute Gasteiger partial charge is 0.214 e. The molecule has 0 aromatic carbocycles. The van der Waals surface area contributed by atoms with Gasteiger partial charge in [0.1, 0.15) is 0 Å². The summed E-state index contributed by atoms with van der Waals surface area (Å²) in [7, 11) is 0.147. The monoisotopic (exact) mass is 308 g/mol. The zero-order chi connectivity index (χ0) is 14.8. The maximum atomic E-state index is 12.2. The van der Waals surface area contributed by atoms with Crippen molar-refractivity contribution in [3.05, 3.63) is 0 Å². The molecule has 0 radical (unpaired) electrons. The summed E-state index contributed by atoms with van der Waals surface area (Å²) < 4.78 is 36.0. The van der Waals surface area contributed by atoms with Crippen LogP contribution in [0.15, 0.2) is 0 Å². The normalized spacial score (nSPS) is 21.2. The Morgan fingerprint density at radius 3 is 2.70 bits per heavy atom. The third-order valence-corrected chi connectivity index (χ3v) is 5.46. The summed E-state index contributed by atoms with van der Waals surface area (Å²) in [5.41, 5.74) is 0. The number of nitrogens with zero attached hydrogens (tertiary/aromatic N) is 1. The van der Waals surface area contributed by atoms with Crippen molar-refractivity contribution in [3.63, 3.8) is 0 Å². The Morgan fingerprint density at radius 2 is 2.00 bits per heavy atom. The number of hydrogen-bond donors (Lipinski definition) is 1. The molecule has 0 aromatic rings. The van der Waals surface area contributed by atoms with Gasteiger partial charge in [0.05, 0.1) is 12.4 Å². The van der Waals surface area contributed by atoms with Crippen LogP contribution in [-0.2, 0) is 19.5 Å². The van der Waals surface area contributed by atoms with Gasteiger partial charge in [-0.25, -0.2) is 12.7 Å². The number of nitrogens with one attached hydrogen (secondary N) is 1. The molecule has 1 atom stereocenters. The van der Waals surface area contributed by atoms with Crippen molar-refractivity contribution in [2.75, 3.05) is 59.4 Å². The SMILES string of the molecule is COCCCS(=O)(=O)N1CCCC(CNCCOC)C1. The summed E-state index contributed by atoms with van der Waals surface area (Å²) in [4.78, 5) is 0. The minimum Gasteiger partial charge on any atom is -0.385 e. The Morgan fingerprint density at radius 1 is 1.25 bits per heavy atom. The molecule has 6 nitrogen and oxygen atoms in total. The van der Waals surface area contributed by atoms with E-state index in [2.05, 4.69) is 5.32 Å². The van der Waals surface area contributed by atoms with Gasteiger partial charge in [0.15, 0.2) is 0 Å². The molecule has 0 bridgehead atoms. The lowest BCUT2D eigenvalue weighted by molar-refractivity contribution is 0.192. The number of methoxy groups -OCH3 is 2. The van der Waals surface area contributed by atoms with Crippen LogP contribution in [0, 0.1) is 5.92 Å². The summed E-state index contributed by atoms with van der Waals surface area (Å²) in [5, 5.41) is 3.31. The van der Waals surface area contributed by atoms with Crippen LogP contribution in [0.25, 0.3) is 0 Å². The van der Waals surface area contributed by atoms with Crippen molar-refractivity contribution < 1.29 is 17.9 Å². The van der Waals surface area contributed by atoms with Crippen LogP contribution in [0.1, 0.15) is 19.3 Å². The number of ether oxygens (including phenoxy) is 2. The van der Waals surface area contributed by atoms with E-state index in [4.69, 9.17) is 9.47 Å². The van der Waals surface area contributed by atoms with E-state index in [0.717, 1.165) is 25.9 Å². The average molecular weight is 308 g/mol. The Kier molecular flexibility index (Phi) is 8.63. The van der Waals surface area contributed by atoms with Gasteiger partial charge in [-0.15, -0.1) is 0 Å². The Hall–Kier alpha value is -0.210. The minimum absolute atomic E-state index is 0.185. The summed E-state index contributed by atoms with van der Waals surface area (Å²) in [6.45, 7) is 4.14. The molecule has 1 heterocycles. The minimum atomic E-state index is -3.12. The Labute approximate surface area is 122 Å². The van der Waals surface area contributed by atoms with Crippen molar-refractivity contribution in [2.24, 2.45) is 5.92 Å². The predicted octanol–water partition coefficient (Wildman–Crippen LogP) is 0.301. The molecule has 0 saturated carbocycles. The Balaban J connectivity index is 2.35. The lowest BCUT2D eigenvalue weighted by Gasteiger charge is -2.32. The van der Waals surface area contributed by atoms with E-state index in [1.54, 1.807) is 18.5 Å². The molecular formula is C13H28N2O4S. The molecule has 1 aliphatic heterocycles. The predicted molar refractivity (Wildman–Crippen MR) is 79.3 cm³/mol.